The van der Waals surface area contributed by atoms with Gasteiger partial charge in [0.1, 0.15) is 6.73 Å². The van der Waals surface area contributed by atoms with Crippen LogP contribution in [0.2, 0.25) is 0 Å². The van der Waals surface area contributed by atoms with Gasteiger partial charge < -0.3 is 9.47 Å². The molecule has 1 aliphatic rings. The molecule has 54 valence electrons. The van der Waals surface area contributed by atoms with E-state index in [9.17, 15) is 0 Å². The quantitative estimate of drug-likeness (QED) is 0.484. The molecule has 1 N–H and O–H groups in total. The first-order chi connectivity index (χ1) is 4.50. The molecule has 0 unspecified atom stereocenters. The summed E-state index contributed by atoms with van der Waals surface area (Å²) < 4.78 is 10.1. The molecule has 4 heteroatoms. The Morgan fingerprint density at radius 2 is 1.67 bits per heavy atom. The molecule has 1 aliphatic heterocycles. The van der Waals surface area contributed by atoms with Crippen LogP contribution in [0.15, 0.2) is 0 Å². The Balaban J connectivity index is 2.02. The molecule has 0 bridgehead atoms. The first-order valence-corrected chi connectivity index (χ1v) is 3.00. The van der Waals surface area contributed by atoms with Gasteiger partial charge in [-0.05, 0) is 0 Å². The molecule has 0 atom stereocenters. The minimum atomic E-state index is 0.448. The summed E-state index contributed by atoms with van der Waals surface area (Å²) in [7, 11) is 0. The second-order valence-electron chi connectivity index (χ2n) is 1.66. The molecule has 0 aromatic carbocycles. The van der Waals surface area contributed by atoms with Crippen LogP contribution in [0.25, 0.3) is 0 Å². The normalized spacial score (nSPS) is 24.0. The number of nitrogens with one attached hydrogen (secondary N) is 1. The van der Waals surface area contributed by atoms with E-state index in [1.54, 1.807) is 0 Å². The zero-order valence-electron chi connectivity index (χ0n) is 5.26. The third-order valence-electron chi connectivity index (χ3n) is 0.965. The summed E-state index contributed by atoms with van der Waals surface area (Å²) in [4.78, 5) is 4.85. The Labute approximate surface area is 54.0 Å². The molecule has 0 aromatic heterocycles. The van der Waals surface area contributed by atoms with Crippen LogP contribution in [0, 0.1) is 0 Å². The molecule has 0 radical (unpaired) electrons. The van der Waals surface area contributed by atoms with Crippen LogP contribution in [-0.2, 0) is 14.3 Å². The van der Waals surface area contributed by atoms with E-state index in [0.29, 0.717) is 33.2 Å². The van der Waals surface area contributed by atoms with Crippen molar-refractivity contribution >= 4 is 0 Å². The summed E-state index contributed by atoms with van der Waals surface area (Å²) >= 11 is 0. The van der Waals surface area contributed by atoms with E-state index in [4.69, 9.17) is 14.3 Å². The summed E-state index contributed by atoms with van der Waals surface area (Å²) in [5.41, 5.74) is 2.62. The third-order valence-corrected chi connectivity index (χ3v) is 0.965. The van der Waals surface area contributed by atoms with Crippen LogP contribution < -0.4 is 5.48 Å². The highest BCUT2D eigenvalue weighted by Crippen LogP contribution is 1.81. The average Bonchev–Trinajstić information content (AvgIpc) is 2.00. The van der Waals surface area contributed by atoms with Crippen LogP contribution >= 0.6 is 0 Å². The highest BCUT2D eigenvalue weighted by Gasteiger charge is 1.93. The molecule has 1 heterocycles. The van der Waals surface area contributed by atoms with Crippen molar-refractivity contribution in [3.8, 4) is 0 Å². The van der Waals surface area contributed by atoms with Crippen LogP contribution in [0.1, 0.15) is 0 Å². The van der Waals surface area contributed by atoms with Crippen molar-refractivity contribution < 1.29 is 14.3 Å². The number of ether oxygens (including phenoxy) is 2. The summed E-state index contributed by atoms with van der Waals surface area (Å²) in [5.74, 6) is 0. The zero-order valence-corrected chi connectivity index (χ0v) is 5.26. The number of hydrogen-bond acceptors (Lipinski definition) is 4. The molecular formula is C5H11NO3. The maximum atomic E-state index is 5.06. The van der Waals surface area contributed by atoms with Gasteiger partial charge in [0.05, 0.1) is 26.4 Å². The van der Waals surface area contributed by atoms with E-state index in [-0.39, 0.29) is 0 Å². The summed E-state index contributed by atoms with van der Waals surface area (Å²) in [6, 6.07) is 0. The van der Waals surface area contributed by atoms with Gasteiger partial charge >= 0.3 is 0 Å². The standard InChI is InChI=1S/C5H11NO3/c1-2-8-5-6-9-4-3-7-1/h6H,1-5H2. The molecule has 0 aromatic rings. The van der Waals surface area contributed by atoms with Crippen LogP contribution in [0.3, 0.4) is 0 Å². The number of hydrogen-bond donors (Lipinski definition) is 1. The predicted octanol–water partition coefficient (Wildman–Crippen LogP) is -0.488. The number of rotatable bonds is 0. The Kier molecular flexibility index (Phi) is 3.63. The monoisotopic (exact) mass is 133 g/mol. The molecule has 0 saturated carbocycles. The Morgan fingerprint density at radius 3 is 2.67 bits per heavy atom. The summed E-state index contributed by atoms with van der Waals surface area (Å²) in [6.07, 6.45) is 0. The van der Waals surface area contributed by atoms with E-state index in [1.165, 1.54) is 0 Å². The molecule has 0 aliphatic carbocycles. The fourth-order valence-electron chi connectivity index (χ4n) is 0.548. The largest absolute Gasteiger partial charge is 0.377 e. The van der Waals surface area contributed by atoms with Crippen LogP contribution in [-0.4, -0.2) is 33.2 Å². The molecule has 0 spiro atoms. The van der Waals surface area contributed by atoms with Crippen molar-refractivity contribution in [2.24, 2.45) is 0 Å². The maximum absolute atomic E-state index is 5.06. The zero-order chi connectivity index (χ0) is 6.36. The van der Waals surface area contributed by atoms with Crippen LogP contribution in [0.5, 0.6) is 0 Å². The lowest BCUT2D eigenvalue weighted by Crippen LogP contribution is -2.18. The van der Waals surface area contributed by atoms with E-state index in [0.717, 1.165) is 0 Å². The topological polar surface area (TPSA) is 39.7 Å². The fraction of sp³-hybridized carbons (Fsp3) is 1.00. The summed E-state index contributed by atoms with van der Waals surface area (Å²) in [5, 5.41) is 0. The lowest BCUT2D eigenvalue weighted by atomic mass is 10.7. The van der Waals surface area contributed by atoms with Gasteiger partial charge in [-0.15, -0.1) is 0 Å². The molecule has 1 saturated heterocycles. The molecule has 0 amide bonds. The average molecular weight is 133 g/mol. The molecular weight excluding hydrogens is 122 g/mol. The van der Waals surface area contributed by atoms with Gasteiger partial charge in [0.2, 0.25) is 0 Å². The Hall–Kier alpha value is -0.160. The second kappa shape index (κ2) is 4.69. The van der Waals surface area contributed by atoms with Gasteiger partial charge in [0, 0.05) is 0 Å². The maximum Gasteiger partial charge on any atom is 0.119 e. The predicted molar refractivity (Wildman–Crippen MR) is 30.7 cm³/mol. The fourth-order valence-corrected chi connectivity index (χ4v) is 0.548. The molecule has 1 fully saturated rings. The SMILES string of the molecule is C1COCNOCCO1. The van der Waals surface area contributed by atoms with Crippen molar-refractivity contribution in [2.45, 2.75) is 0 Å². The Morgan fingerprint density at radius 1 is 0.889 bits per heavy atom. The lowest BCUT2D eigenvalue weighted by Gasteiger charge is -2.00. The minimum absolute atomic E-state index is 0.448. The Bertz CT molecular complexity index is 40.7. The van der Waals surface area contributed by atoms with E-state index >= 15 is 0 Å². The highest BCUT2D eigenvalue weighted by atomic mass is 16.7. The molecule has 9 heavy (non-hydrogen) atoms. The summed E-state index contributed by atoms with van der Waals surface area (Å²) in [6.45, 7) is 2.96. The van der Waals surface area contributed by atoms with Crippen molar-refractivity contribution in [3.63, 3.8) is 0 Å². The number of hydroxylamine groups is 1. The van der Waals surface area contributed by atoms with Gasteiger partial charge in [-0.25, -0.2) is 0 Å². The van der Waals surface area contributed by atoms with E-state index < -0.39 is 0 Å². The van der Waals surface area contributed by atoms with Crippen molar-refractivity contribution in [1.29, 1.82) is 0 Å². The molecule has 4 nitrogen and oxygen atoms in total. The van der Waals surface area contributed by atoms with E-state index in [1.807, 2.05) is 0 Å². The van der Waals surface area contributed by atoms with Gasteiger partial charge in [-0.1, -0.05) is 0 Å². The van der Waals surface area contributed by atoms with Gasteiger partial charge in [0.15, 0.2) is 0 Å². The van der Waals surface area contributed by atoms with Gasteiger partial charge in [0.25, 0.3) is 0 Å². The van der Waals surface area contributed by atoms with Gasteiger partial charge in [-0.2, -0.15) is 5.48 Å². The highest BCUT2D eigenvalue weighted by molar-refractivity contribution is 4.32. The first-order valence-electron chi connectivity index (χ1n) is 3.00. The van der Waals surface area contributed by atoms with E-state index in [2.05, 4.69) is 5.48 Å². The minimum Gasteiger partial charge on any atom is -0.377 e. The lowest BCUT2D eigenvalue weighted by molar-refractivity contribution is -0.0241. The first kappa shape index (κ1) is 6.95. The van der Waals surface area contributed by atoms with Crippen molar-refractivity contribution in [1.82, 2.24) is 5.48 Å². The third kappa shape index (κ3) is 3.42. The smallest absolute Gasteiger partial charge is 0.119 e. The van der Waals surface area contributed by atoms with Gasteiger partial charge in [-0.3, -0.25) is 4.84 Å². The van der Waals surface area contributed by atoms with Crippen molar-refractivity contribution in [3.05, 3.63) is 0 Å². The second-order valence-corrected chi connectivity index (χ2v) is 1.66. The molecule has 1 rings (SSSR count). The van der Waals surface area contributed by atoms with Crippen molar-refractivity contribution in [2.75, 3.05) is 33.2 Å². The van der Waals surface area contributed by atoms with Crippen LogP contribution in [0.4, 0.5) is 0 Å².